The van der Waals surface area contributed by atoms with Gasteiger partial charge >= 0.3 is 0 Å². The molecule has 1 N–H and O–H groups in total. The van der Waals surface area contributed by atoms with E-state index < -0.39 is 12.1 Å². The van der Waals surface area contributed by atoms with Crippen LogP contribution in [0.15, 0.2) is 0 Å². The summed E-state index contributed by atoms with van der Waals surface area (Å²) in [6, 6.07) is 0. The fraction of sp³-hybridized carbons (Fsp3) is 0.800. The summed E-state index contributed by atoms with van der Waals surface area (Å²) in [6.07, 6.45) is -2.57. The molecule has 0 bridgehead atoms. The van der Waals surface area contributed by atoms with Crippen LogP contribution >= 0.6 is 0 Å². The van der Waals surface area contributed by atoms with Gasteiger partial charge < -0.3 is 5.41 Å². The van der Waals surface area contributed by atoms with Crippen LogP contribution in [0.25, 0.3) is 0 Å². The predicted molar refractivity (Wildman–Crippen MR) is 28.6 cm³/mol. The van der Waals surface area contributed by atoms with Crippen LogP contribution < -0.4 is 0 Å². The van der Waals surface area contributed by atoms with E-state index in [0.717, 1.165) is 0 Å². The minimum Gasteiger partial charge on any atom is -0.303 e. The molecule has 0 saturated heterocycles. The van der Waals surface area contributed by atoms with Gasteiger partial charge in [-0.2, -0.15) is 0 Å². The lowest BCUT2D eigenvalue weighted by molar-refractivity contribution is 0.218. The molecule has 0 aromatic rings. The fourth-order valence-corrected chi connectivity index (χ4v) is 0.252. The maximum absolute atomic E-state index is 11.5. The van der Waals surface area contributed by atoms with Gasteiger partial charge in [0, 0.05) is 0 Å². The second-order valence-electron chi connectivity index (χ2n) is 1.91. The third kappa shape index (κ3) is 2.00. The summed E-state index contributed by atoms with van der Waals surface area (Å²) in [5.74, 6) is -0.324. The van der Waals surface area contributed by atoms with Crippen molar-refractivity contribution in [3.63, 3.8) is 0 Å². The van der Waals surface area contributed by atoms with E-state index in [1.807, 2.05) is 0 Å². The maximum Gasteiger partial charge on any atom is 0.276 e. The van der Waals surface area contributed by atoms with E-state index in [1.54, 1.807) is 13.8 Å². The Morgan fingerprint density at radius 3 is 1.75 bits per heavy atom. The highest BCUT2D eigenvalue weighted by atomic mass is 19.3. The Bertz CT molecular complexity index is 78.4. The molecule has 0 aliphatic carbocycles. The lowest BCUT2D eigenvalue weighted by Crippen LogP contribution is -2.15. The number of nitrogens with one attached hydrogen (secondary N) is 1. The van der Waals surface area contributed by atoms with Gasteiger partial charge in [0.2, 0.25) is 0 Å². The quantitative estimate of drug-likeness (QED) is 0.540. The van der Waals surface area contributed by atoms with Gasteiger partial charge in [-0.15, -0.1) is 0 Å². The summed E-state index contributed by atoms with van der Waals surface area (Å²) in [7, 11) is 0. The molecule has 0 aromatic carbocycles. The zero-order chi connectivity index (χ0) is 6.73. The van der Waals surface area contributed by atoms with Crippen molar-refractivity contribution in [1.29, 1.82) is 5.41 Å². The second-order valence-corrected chi connectivity index (χ2v) is 1.91. The van der Waals surface area contributed by atoms with E-state index in [0.29, 0.717) is 0 Å². The summed E-state index contributed by atoms with van der Waals surface area (Å²) in [5, 5.41) is 6.65. The molecule has 0 aliphatic heterocycles. The van der Waals surface area contributed by atoms with Crippen LogP contribution in [0.1, 0.15) is 13.8 Å². The Balaban J connectivity index is 3.65. The SMILES string of the molecule is CC(C)C(=N)C(F)F. The molecule has 0 unspecified atom stereocenters. The molecular formula is C5H9F2N. The predicted octanol–water partition coefficient (Wildman–Crippen LogP) is 1.93. The lowest BCUT2D eigenvalue weighted by atomic mass is 10.1. The maximum atomic E-state index is 11.5. The number of hydrogen-bond donors (Lipinski definition) is 1. The Kier molecular flexibility index (Phi) is 2.58. The van der Waals surface area contributed by atoms with Crippen molar-refractivity contribution in [1.82, 2.24) is 0 Å². The largest absolute Gasteiger partial charge is 0.303 e. The van der Waals surface area contributed by atoms with Gasteiger partial charge in [-0.1, -0.05) is 13.8 Å². The van der Waals surface area contributed by atoms with Crippen molar-refractivity contribution in [2.45, 2.75) is 20.3 Å². The van der Waals surface area contributed by atoms with Gasteiger partial charge in [0.1, 0.15) is 0 Å². The van der Waals surface area contributed by atoms with E-state index in [4.69, 9.17) is 5.41 Å². The molecule has 0 heterocycles. The minimum absolute atomic E-state index is 0.324. The summed E-state index contributed by atoms with van der Waals surface area (Å²) >= 11 is 0. The summed E-state index contributed by atoms with van der Waals surface area (Å²) in [4.78, 5) is 0. The van der Waals surface area contributed by atoms with Crippen LogP contribution in [0.3, 0.4) is 0 Å². The van der Waals surface area contributed by atoms with Crippen molar-refractivity contribution in [2.75, 3.05) is 0 Å². The average Bonchev–Trinajstić information content (AvgIpc) is 1.64. The Labute approximate surface area is 47.2 Å². The van der Waals surface area contributed by atoms with Gasteiger partial charge in [-0.3, -0.25) is 0 Å². The molecule has 0 aliphatic rings. The number of halogens is 2. The van der Waals surface area contributed by atoms with E-state index in [1.165, 1.54) is 0 Å². The molecule has 0 saturated carbocycles. The van der Waals surface area contributed by atoms with Crippen LogP contribution in [-0.2, 0) is 0 Å². The molecule has 0 aromatic heterocycles. The lowest BCUT2D eigenvalue weighted by Gasteiger charge is -2.03. The molecule has 0 spiro atoms. The molecule has 0 radical (unpaired) electrons. The first-order valence-corrected chi connectivity index (χ1v) is 2.42. The van der Waals surface area contributed by atoms with Crippen LogP contribution in [0.2, 0.25) is 0 Å². The fourth-order valence-electron chi connectivity index (χ4n) is 0.252. The Hall–Kier alpha value is -0.470. The minimum atomic E-state index is -2.57. The monoisotopic (exact) mass is 121 g/mol. The molecule has 48 valence electrons. The van der Waals surface area contributed by atoms with Gasteiger partial charge in [0.15, 0.2) is 0 Å². The topological polar surface area (TPSA) is 23.9 Å². The first kappa shape index (κ1) is 7.53. The van der Waals surface area contributed by atoms with Gasteiger partial charge in [-0.25, -0.2) is 8.78 Å². The van der Waals surface area contributed by atoms with Crippen molar-refractivity contribution < 1.29 is 8.78 Å². The van der Waals surface area contributed by atoms with Gasteiger partial charge in [-0.05, 0) is 5.92 Å². The second kappa shape index (κ2) is 2.74. The van der Waals surface area contributed by atoms with Crippen LogP contribution in [0, 0.1) is 11.3 Å². The highest BCUT2D eigenvalue weighted by Crippen LogP contribution is 2.03. The molecule has 0 amide bonds. The standard InChI is InChI=1S/C5H9F2N/c1-3(2)4(8)5(6)7/h3,5,8H,1-2H3. The van der Waals surface area contributed by atoms with Crippen molar-refractivity contribution >= 4 is 5.71 Å². The van der Waals surface area contributed by atoms with Crippen molar-refractivity contribution in [3.05, 3.63) is 0 Å². The highest BCUT2D eigenvalue weighted by molar-refractivity contribution is 5.85. The zero-order valence-electron chi connectivity index (χ0n) is 4.91. The Morgan fingerprint density at radius 1 is 1.38 bits per heavy atom. The van der Waals surface area contributed by atoms with Crippen molar-refractivity contribution in [3.8, 4) is 0 Å². The number of alkyl halides is 2. The molecule has 8 heavy (non-hydrogen) atoms. The van der Waals surface area contributed by atoms with E-state index in [-0.39, 0.29) is 5.92 Å². The zero-order valence-corrected chi connectivity index (χ0v) is 4.91. The molecular weight excluding hydrogens is 112 g/mol. The third-order valence-electron chi connectivity index (χ3n) is 0.857. The third-order valence-corrected chi connectivity index (χ3v) is 0.857. The smallest absolute Gasteiger partial charge is 0.276 e. The summed E-state index contributed by atoms with van der Waals surface area (Å²) in [6.45, 7) is 3.16. The molecule has 1 nitrogen and oxygen atoms in total. The van der Waals surface area contributed by atoms with Crippen LogP contribution in [0.4, 0.5) is 8.78 Å². The van der Waals surface area contributed by atoms with Crippen LogP contribution in [-0.4, -0.2) is 12.1 Å². The molecule has 0 rings (SSSR count). The van der Waals surface area contributed by atoms with Crippen LogP contribution in [0.5, 0.6) is 0 Å². The molecule has 0 atom stereocenters. The van der Waals surface area contributed by atoms with E-state index >= 15 is 0 Å². The average molecular weight is 121 g/mol. The van der Waals surface area contributed by atoms with Gasteiger partial charge in [0.05, 0.1) is 5.71 Å². The first-order valence-electron chi connectivity index (χ1n) is 2.42. The normalized spacial score (nSPS) is 10.8. The number of hydrogen-bond acceptors (Lipinski definition) is 1. The first-order chi connectivity index (χ1) is 3.55. The van der Waals surface area contributed by atoms with E-state index in [2.05, 4.69) is 0 Å². The van der Waals surface area contributed by atoms with Gasteiger partial charge in [0.25, 0.3) is 6.43 Å². The highest BCUT2D eigenvalue weighted by Gasteiger charge is 2.13. The molecule has 0 fully saturated rings. The summed E-state index contributed by atoms with van der Waals surface area (Å²) in [5.41, 5.74) is -0.481. The van der Waals surface area contributed by atoms with Crippen molar-refractivity contribution in [2.24, 2.45) is 5.92 Å². The molecule has 3 heteroatoms. The Morgan fingerprint density at radius 2 is 1.75 bits per heavy atom. The number of rotatable bonds is 2. The summed E-state index contributed by atoms with van der Waals surface area (Å²) < 4.78 is 22.9. The van der Waals surface area contributed by atoms with E-state index in [9.17, 15) is 8.78 Å².